The molecule has 0 radical (unpaired) electrons. The van der Waals surface area contributed by atoms with Gasteiger partial charge in [-0.25, -0.2) is 0 Å². The normalized spacial score (nSPS) is 8.86. The third kappa shape index (κ3) is 2.83. The van der Waals surface area contributed by atoms with E-state index < -0.39 is 0 Å². The van der Waals surface area contributed by atoms with Crippen LogP contribution in [0.2, 0.25) is 0 Å². The molecule has 0 amide bonds. The number of hydrogen-bond acceptors (Lipinski definition) is 2. The molecule has 0 unspecified atom stereocenters. The van der Waals surface area contributed by atoms with E-state index in [1.165, 1.54) is 0 Å². The molecule has 1 N–H and O–H groups in total. The van der Waals surface area contributed by atoms with Crippen molar-refractivity contribution >= 4 is 5.78 Å². The number of Topliss-reactive ketones (excluding diaryl/α,β-unsaturated/α-hetero) is 1. The number of carbonyl (C=O) groups is 1. The third-order valence-electron chi connectivity index (χ3n) is 1.77. The summed E-state index contributed by atoms with van der Waals surface area (Å²) in [4.78, 5) is 24.9. The van der Waals surface area contributed by atoms with Crippen LogP contribution in [0.5, 0.6) is 0 Å². The lowest BCUT2D eigenvalue weighted by Gasteiger charge is -1.99. The molecule has 0 aliphatic carbocycles. The predicted molar refractivity (Wildman–Crippen MR) is 57.8 cm³/mol. The Balaban J connectivity index is 0.000000791. The Kier molecular flexibility index (Phi) is 5.53. The first-order valence-corrected chi connectivity index (χ1v) is 4.88. The summed E-state index contributed by atoms with van der Waals surface area (Å²) in [5.74, 6) is -0.102. The second kappa shape index (κ2) is 6.13. The minimum atomic E-state index is -0.290. The molecule has 1 rings (SSSR count). The maximum atomic E-state index is 11.2. The van der Waals surface area contributed by atoms with Gasteiger partial charge in [0.15, 0.2) is 5.78 Å². The highest BCUT2D eigenvalue weighted by Gasteiger charge is 2.10. The van der Waals surface area contributed by atoms with Crippen LogP contribution in [0.4, 0.5) is 0 Å². The van der Waals surface area contributed by atoms with E-state index in [0.717, 1.165) is 5.56 Å². The fourth-order valence-electron chi connectivity index (χ4n) is 1.10. The molecule has 78 valence electrons. The number of carbonyl (C=O) groups excluding carboxylic acids is 1. The van der Waals surface area contributed by atoms with E-state index in [2.05, 4.69) is 4.98 Å². The molecule has 3 heteroatoms. The monoisotopic (exact) mass is 195 g/mol. The van der Waals surface area contributed by atoms with E-state index in [1.54, 1.807) is 26.1 Å². The number of aromatic amines is 1. The number of nitrogens with one attached hydrogen (secondary N) is 1. The molecule has 1 aromatic heterocycles. The molecule has 1 heterocycles. The maximum Gasteiger partial charge on any atom is 0.259 e. The lowest BCUT2D eigenvalue weighted by atomic mass is 10.1. The molecular weight excluding hydrogens is 178 g/mol. The topological polar surface area (TPSA) is 49.9 Å². The average molecular weight is 195 g/mol. The van der Waals surface area contributed by atoms with Crippen molar-refractivity contribution in [1.29, 1.82) is 0 Å². The Morgan fingerprint density at radius 1 is 1.43 bits per heavy atom. The molecule has 0 aliphatic rings. The Bertz CT molecular complexity index is 353. The molecule has 14 heavy (non-hydrogen) atoms. The van der Waals surface area contributed by atoms with Crippen molar-refractivity contribution in [3.8, 4) is 0 Å². The highest BCUT2D eigenvalue weighted by Crippen LogP contribution is 2.02. The fourth-order valence-corrected chi connectivity index (χ4v) is 1.10. The number of H-pyrrole nitrogens is 1. The van der Waals surface area contributed by atoms with E-state index >= 15 is 0 Å². The lowest BCUT2D eigenvalue weighted by molar-refractivity contribution is 0.0986. The summed E-state index contributed by atoms with van der Waals surface area (Å²) in [5.41, 5.74) is 0.743. The van der Waals surface area contributed by atoms with Gasteiger partial charge in [0.2, 0.25) is 0 Å². The van der Waals surface area contributed by atoms with Crippen molar-refractivity contribution in [3.05, 3.63) is 33.7 Å². The molecule has 0 fully saturated rings. The van der Waals surface area contributed by atoms with Crippen LogP contribution in [-0.2, 0) is 0 Å². The van der Waals surface area contributed by atoms with Crippen LogP contribution in [0, 0.1) is 6.92 Å². The van der Waals surface area contributed by atoms with Crippen molar-refractivity contribution in [3.63, 3.8) is 0 Å². The number of pyridine rings is 1. The van der Waals surface area contributed by atoms with Crippen LogP contribution in [0.15, 0.2) is 17.1 Å². The van der Waals surface area contributed by atoms with Gasteiger partial charge in [-0.3, -0.25) is 9.59 Å². The average Bonchev–Trinajstić information content (AvgIpc) is 2.20. The van der Waals surface area contributed by atoms with Crippen molar-refractivity contribution in [2.75, 3.05) is 0 Å². The smallest absolute Gasteiger partial charge is 0.259 e. The van der Waals surface area contributed by atoms with E-state index in [0.29, 0.717) is 12.0 Å². The first kappa shape index (κ1) is 12.6. The maximum absolute atomic E-state index is 11.2. The van der Waals surface area contributed by atoms with Crippen molar-refractivity contribution < 1.29 is 4.79 Å². The van der Waals surface area contributed by atoms with Gasteiger partial charge in [0.25, 0.3) is 5.56 Å². The van der Waals surface area contributed by atoms with Crippen LogP contribution < -0.4 is 5.56 Å². The Morgan fingerprint density at radius 2 is 2.00 bits per heavy atom. The first-order chi connectivity index (χ1) is 6.66. The number of aryl methyl sites for hydroxylation is 1. The van der Waals surface area contributed by atoms with E-state index in [1.807, 2.05) is 13.8 Å². The molecule has 0 aliphatic heterocycles. The summed E-state index contributed by atoms with van der Waals surface area (Å²) in [6, 6.07) is 1.73. The molecule has 0 spiro atoms. The van der Waals surface area contributed by atoms with E-state index in [4.69, 9.17) is 0 Å². The van der Waals surface area contributed by atoms with Crippen LogP contribution in [0.3, 0.4) is 0 Å². The quantitative estimate of drug-likeness (QED) is 0.736. The van der Waals surface area contributed by atoms with Gasteiger partial charge < -0.3 is 4.98 Å². The zero-order valence-electron chi connectivity index (χ0n) is 9.18. The Labute approximate surface area is 84.2 Å². The van der Waals surface area contributed by atoms with Gasteiger partial charge in [-0.05, 0) is 18.6 Å². The minimum absolute atomic E-state index is 0.102. The minimum Gasteiger partial charge on any atom is -0.328 e. The summed E-state index contributed by atoms with van der Waals surface area (Å²) in [7, 11) is 0. The van der Waals surface area contributed by atoms with Crippen LogP contribution in [0.1, 0.15) is 43.1 Å². The lowest BCUT2D eigenvalue weighted by Crippen LogP contribution is -2.18. The summed E-state index contributed by atoms with van der Waals surface area (Å²) in [6.07, 6.45) is 1.91. The van der Waals surface area contributed by atoms with Crippen LogP contribution in [-0.4, -0.2) is 10.8 Å². The van der Waals surface area contributed by atoms with E-state index in [-0.39, 0.29) is 11.3 Å². The summed E-state index contributed by atoms with van der Waals surface area (Å²) >= 11 is 0. The van der Waals surface area contributed by atoms with Crippen molar-refractivity contribution in [2.24, 2.45) is 0 Å². The second-order valence-electron chi connectivity index (χ2n) is 2.64. The molecular formula is C11H17NO2. The molecule has 3 nitrogen and oxygen atoms in total. The number of hydrogen-bond donors (Lipinski definition) is 1. The SMILES string of the molecule is CC.CCC(=O)c1c(C)cc[nH]c1=O. The molecule has 0 aromatic carbocycles. The highest BCUT2D eigenvalue weighted by molar-refractivity contribution is 5.96. The van der Waals surface area contributed by atoms with Crippen molar-refractivity contribution in [2.45, 2.75) is 34.1 Å². The first-order valence-electron chi connectivity index (χ1n) is 4.88. The zero-order chi connectivity index (χ0) is 11.1. The third-order valence-corrected chi connectivity index (χ3v) is 1.77. The van der Waals surface area contributed by atoms with Gasteiger partial charge >= 0.3 is 0 Å². The van der Waals surface area contributed by atoms with Crippen molar-refractivity contribution in [1.82, 2.24) is 4.98 Å². The predicted octanol–water partition coefficient (Wildman–Crippen LogP) is 2.30. The largest absolute Gasteiger partial charge is 0.328 e. The summed E-state index contributed by atoms with van der Waals surface area (Å²) in [6.45, 7) is 7.51. The molecule has 0 bridgehead atoms. The number of aromatic nitrogens is 1. The van der Waals surface area contributed by atoms with Gasteiger partial charge in [0.05, 0.1) is 5.56 Å². The van der Waals surface area contributed by atoms with Crippen LogP contribution >= 0.6 is 0 Å². The standard InChI is InChI=1S/C9H11NO2.C2H6/c1-3-7(11)8-6(2)4-5-10-9(8)12;1-2/h4-5H,3H2,1-2H3,(H,10,12);1-2H3. The number of rotatable bonds is 2. The van der Waals surface area contributed by atoms with Gasteiger partial charge in [-0.2, -0.15) is 0 Å². The Morgan fingerprint density at radius 3 is 2.43 bits per heavy atom. The Hall–Kier alpha value is -1.38. The molecule has 1 aromatic rings. The van der Waals surface area contributed by atoms with Crippen LogP contribution in [0.25, 0.3) is 0 Å². The summed E-state index contributed by atoms with van der Waals surface area (Å²) < 4.78 is 0. The van der Waals surface area contributed by atoms with Gasteiger partial charge in [-0.1, -0.05) is 20.8 Å². The second-order valence-corrected chi connectivity index (χ2v) is 2.64. The van der Waals surface area contributed by atoms with Gasteiger partial charge in [-0.15, -0.1) is 0 Å². The summed E-state index contributed by atoms with van der Waals surface area (Å²) in [5, 5.41) is 0. The fraction of sp³-hybridized carbons (Fsp3) is 0.455. The molecule has 0 saturated carbocycles. The number of ketones is 1. The molecule has 0 saturated heterocycles. The van der Waals surface area contributed by atoms with Gasteiger partial charge in [0, 0.05) is 12.6 Å². The zero-order valence-corrected chi connectivity index (χ0v) is 9.18. The van der Waals surface area contributed by atoms with E-state index in [9.17, 15) is 9.59 Å². The highest BCUT2D eigenvalue weighted by atomic mass is 16.1. The van der Waals surface area contributed by atoms with Gasteiger partial charge in [0.1, 0.15) is 0 Å². The molecule has 0 atom stereocenters.